The minimum atomic E-state index is -0.0202. The first kappa shape index (κ1) is 10.9. The Morgan fingerprint density at radius 3 is 2.81 bits per heavy atom. The van der Waals surface area contributed by atoms with Crippen LogP contribution < -0.4 is 0 Å². The van der Waals surface area contributed by atoms with Gasteiger partial charge in [-0.2, -0.15) is 0 Å². The summed E-state index contributed by atoms with van der Waals surface area (Å²) in [7, 11) is 0. The molecule has 0 saturated heterocycles. The van der Waals surface area contributed by atoms with Crippen LogP contribution in [0.5, 0.6) is 0 Å². The van der Waals surface area contributed by atoms with E-state index in [1.165, 1.54) is 0 Å². The fourth-order valence-corrected chi connectivity index (χ4v) is 1.62. The summed E-state index contributed by atoms with van der Waals surface area (Å²) >= 11 is 0. The van der Waals surface area contributed by atoms with E-state index in [0.717, 1.165) is 16.7 Å². The van der Waals surface area contributed by atoms with Gasteiger partial charge in [0, 0.05) is 16.9 Å². The van der Waals surface area contributed by atoms with Crippen LogP contribution in [0, 0.1) is 0 Å². The van der Waals surface area contributed by atoms with Crippen LogP contribution in [0.4, 0.5) is 0 Å². The highest BCUT2D eigenvalue weighted by atomic mass is 16.3. The van der Waals surface area contributed by atoms with Crippen molar-refractivity contribution in [2.45, 2.75) is 19.8 Å². The summed E-state index contributed by atoms with van der Waals surface area (Å²) in [6.45, 7) is 3.49. The summed E-state index contributed by atoms with van der Waals surface area (Å²) in [6.07, 6.45) is 0. The highest BCUT2D eigenvalue weighted by Gasteiger charge is 2.11. The Balaban J connectivity index is 2.49. The molecule has 2 rings (SSSR count). The number of hydrogen-bond donors (Lipinski definition) is 1. The summed E-state index contributed by atoms with van der Waals surface area (Å²) in [5.74, 6) is 0.770. The molecule has 0 radical (unpaired) electrons. The molecule has 0 aliphatic heterocycles. The van der Waals surface area contributed by atoms with Gasteiger partial charge in [0.25, 0.3) is 0 Å². The van der Waals surface area contributed by atoms with Crippen molar-refractivity contribution in [1.29, 1.82) is 0 Å². The summed E-state index contributed by atoms with van der Waals surface area (Å²) in [6, 6.07) is 7.23. The number of Topliss-reactive ketones (excluding diaryl/α,β-unsaturated/α-hetero) is 1. The third-order valence-corrected chi connectivity index (χ3v) is 2.70. The molecule has 1 aromatic heterocycles. The van der Waals surface area contributed by atoms with Gasteiger partial charge in [-0.15, -0.1) is 0 Å². The number of carbonyl (C=O) groups excluding carboxylic acids is 1. The molecule has 1 aromatic carbocycles. The molecule has 1 atom stereocenters. The topological polar surface area (TPSA) is 50.4 Å². The molecule has 0 aliphatic carbocycles. The summed E-state index contributed by atoms with van der Waals surface area (Å²) in [5, 5.41) is 9.95. The smallest absolute Gasteiger partial charge is 0.159 e. The number of rotatable bonds is 3. The highest BCUT2D eigenvalue weighted by Crippen LogP contribution is 2.25. The normalized spacial score (nSPS) is 12.9. The average molecular weight is 218 g/mol. The monoisotopic (exact) mass is 218 g/mol. The lowest BCUT2D eigenvalue weighted by molar-refractivity contribution is 0.101. The van der Waals surface area contributed by atoms with E-state index in [1.807, 2.05) is 19.1 Å². The van der Waals surface area contributed by atoms with Crippen LogP contribution in [-0.4, -0.2) is 17.5 Å². The predicted octanol–water partition coefficient (Wildman–Crippen LogP) is 2.73. The molecule has 1 heterocycles. The van der Waals surface area contributed by atoms with E-state index < -0.39 is 0 Å². The van der Waals surface area contributed by atoms with Crippen LogP contribution in [0.2, 0.25) is 0 Å². The van der Waals surface area contributed by atoms with E-state index in [-0.39, 0.29) is 18.3 Å². The molecule has 0 spiro atoms. The second-order valence-electron chi connectivity index (χ2n) is 4.04. The zero-order valence-corrected chi connectivity index (χ0v) is 9.36. The number of aliphatic hydroxyl groups is 1. The van der Waals surface area contributed by atoms with Crippen LogP contribution in [0.25, 0.3) is 11.0 Å². The van der Waals surface area contributed by atoms with Crippen molar-refractivity contribution >= 4 is 16.8 Å². The minimum absolute atomic E-state index is 0.0202. The van der Waals surface area contributed by atoms with E-state index in [9.17, 15) is 4.79 Å². The van der Waals surface area contributed by atoms with Gasteiger partial charge in [-0.3, -0.25) is 4.79 Å². The number of benzene rings is 1. The van der Waals surface area contributed by atoms with Gasteiger partial charge < -0.3 is 9.52 Å². The number of carbonyl (C=O) groups is 1. The molecule has 0 aliphatic rings. The number of furan rings is 1. The summed E-state index contributed by atoms with van der Waals surface area (Å²) < 4.78 is 5.58. The molecule has 1 N–H and O–H groups in total. The van der Waals surface area contributed by atoms with Crippen molar-refractivity contribution in [2.24, 2.45) is 0 Å². The lowest BCUT2D eigenvalue weighted by Gasteiger charge is -2.00. The Morgan fingerprint density at radius 1 is 1.44 bits per heavy atom. The molecule has 3 heteroatoms. The van der Waals surface area contributed by atoms with Gasteiger partial charge in [0.2, 0.25) is 0 Å². The second kappa shape index (κ2) is 4.10. The number of ketones is 1. The van der Waals surface area contributed by atoms with Crippen molar-refractivity contribution in [3.8, 4) is 0 Å². The van der Waals surface area contributed by atoms with Crippen LogP contribution in [0.15, 0.2) is 28.7 Å². The highest BCUT2D eigenvalue weighted by molar-refractivity contribution is 5.97. The van der Waals surface area contributed by atoms with E-state index in [4.69, 9.17) is 9.52 Å². The molecular weight excluding hydrogens is 204 g/mol. The zero-order chi connectivity index (χ0) is 11.7. The predicted molar refractivity (Wildman–Crippen MR) is 61.7 cm³/mol. The Morgan fingerprint density at radius 2 is 2.19 bits per heavy atom. The molecule has 0 saturated carbocycles. The quantitative estimate of drug-likeness (QED) is 0.806. The summed E-state index contributed by atoms with van der Waals surface area (Å²) in [5.41, 5.74) is 1.43. The molecule has 16 heavy (non-hydrogen) atoms. The van der Waals surface area contributed by atoms with E-state index in [1.54, 1.807) is 19.1 Å². The number of aliphatic hydroxyl groups excluding tert-OH is 1. The molecular formula is C13H14O3. The third kappa shape index (κ3) is 1.86. The second-order valence-corrected chi connectivity index (χ2v) is 4.04. The first-order chi connectivity index (χ1) is 7.61. The minimum Gasteiger partial charge on any atom is -0.461 e. The van der Waals surface area contributed by atoms with E-state index >= 15 is 0 Å². The van der Waals surface area contributed by atoms with Crippen LogP contribution >= 0.6 is 0 Å². The molecule has 84 valence electrons. The van der Waals surface area contributed by atoms with E-state index in [2.05, 4.69) is 0 Å². The fourth-order valence-electron chi connectivity index (χ4n) is 1.62. The third-order valence-electron chi connectivity index (χ3n) is 2.70. The maximum absolute atomic E-state index is 11.2. The Bertz CT molecular complexity index is 525. The molecule has 0 fully saturated rings. The van der Waals surface area contributed by atoms with Crippen molar-refractivity contribution in [3.63, 3.8) is 0 Å². The molecule has 0 bridgehead atoms. The maximum atomic E-state index is 11.2. The number of hydrogen-bond acceptors (Lipinski definition) is 3. The van der Waals surface area contributed by atoms with Crippen molar-refractivity contribution in [3.05, 3.63) is 35.6 Å². The van der Waals surface area contributed by atoms with Gasteiger partial charge in [-0.05, 0) is 31.2 Å². The lowest BCUT2D eigenvalue weighted by atomic mass is 10.1. The Labute approximate surface area is 93.7 Å². The molecule has 2 aromatic rings. The molecule has 0 amide bonds. The standard InChI is InChI=1S/C13H14O3/c1-8(7-14)13-6-11-5-10(9(2)15)3-4-12(11)16-13/h3-6,8,14H,7H2,1-2H3. The van der Waals surface area contributed by atoms with Gasteiger partial charge >= 0.3 is 0 Å². The van der Waals surface area contributed by atoms with Crippen molar-refractivity contribution in [2.75, 3.05) is 6.61 Å². The van der Waals surface area contributed by atoms with Gasteiger partial charge in [0.1, 0.15) is 11.3 Å². The van der Waals surface area contributed by atoms with Crippen LogP contribution in [0.1, 0.15) is 35.9 Å². The van der Waals surface area contributed by atoms with Crippen molar-refractivity contribution in [1.82, 2.24) is 0 Å². The number of fused-ring (bicyclic) bond motifs is 1. The fraction of sp³-hybridized carbons (Fsp3) is 0.308. The first-order valence-corrected chi connectivity index (χ1v) is 5.27. The van der Waals surface area contributed by atoms with Gasteiger partial charge in [-0.1, -0.05) is 6.92 Å². The average Bonchev–Trinajstić information content (AvgIpc) is 2.70. The molecule has 3 nitrogen and oxygen atoms in total. The first-order valence-electron chi connectivity index (χ1n) is 5.27. The van der Waals surface area contributed by atoms with Crippen LogP contribution in [-0.2, 0) is 0 Å². The van der Waals surface area contributed by atoms with Crippen molar-refractivity contribution < 1.29 is 14.3 Å². The largest absolute Gasteiger partial charge is 0.461 e. The Hall–Kier alpha value is -1.61. The van der Waals surface area contributed by atoms with E-state index in [0.29, 0.717) is 5.56 Å². The lowest BCUT2D eigenvalue weighted by Crippen LogP contribution is -1.95. The SMILES string of the molecule is CC(=O)c1ccc2oc(C(C)CO)cc2c1. The van der Waals surface area contributed by atoms with Gasteiger partial charge in [0.15, 0.2) is 5.78 Å². The zero-order valence-electron chi connectivity index (χ0n) is 9.36. The maximum Gasteiger partial charge on any atom is 0.159 e. The van der Waals surface area contributed by atoms with Gasteiger partial charge in [0.05, 0.1) is 6.61 Å². The summed E-state index contributed by atoms with van der Waals surface area (Å²) in [4.78, 5) is 11.2. The Kier molecular flexibility index (Phi) is 2.79. The molecule has 1 unspecified atom stereocenters. The van der Waals surface area contributed by atoms with Gasteiger partial charge in [-0.25, -0.2) is 0 Å². The van der Waals surface area contributed by atoms with Crippen LogP contribution in [0.3, 0.4) is 0 Å².